The lowest BCUT2D eigenvalue weighted by molar-refractivity contribution is 0.134. The van der Waals surface area contributed by atoms with Crippen LogP contribution < -0.4 is 15.5 Å². The lowest BCUT2D eigenvalue weighted by atomic mass is 10.1. The maximum Gasteiger partial charge on any atom is 0.305 e. The van der Waals surface area contributed by atoms with Crippen LogP contribution in [0.5, 0.6) is 5.75 Å². The second-order valence-electron chi connectivity index (χ2n) is 6.91. The van der Waals surface area contributed by atoms with Gasteiger partial charge in [0.25, 0.3) is 0 Å². The van der Waals surface area contributed by atoms with Crippen LogP contribution in [-0.4, -0.2) is 49.5 Å². The number of benzene rings is 2. The van der Waals surface area contributed by atoms with Crippen molar-refractivity contribution in [2.45, 2.75) is 19.3 Å². The Hall–Kier alpha value is -2.19. The molecule has 1 aromatic heterocycles. The number of phenolic OH excluding ortho intramolecular Hbond substituents is 1. The minimum absolute atomic E-state index is 0.128. The molecule has 0 aliphatic rings. The van der Waals surface area contributed by atoms with Crippen molar-refractivity contribution in [2.24, 2.45) is 0 Å². The van der Waals surface area contributed by atoms with E-state index >= 15 is 0 Å². The second-order valence-corrected chi connectivity index (χ2v) is 7.90. The quantitative estimate of drug-likeness (QED) is 0.323. The smallest absolute Gasteiger partial charge is 0.305 e. The molecule has 4 N–H and O–H groups in total. The molecule has 0 aliphatic heterocycles. The van der Waals surface area contributed by atoms with Gasteiger partial charge in [0.15, 0.2) is 0 Å². The van der Waals surface area contributed by atoms with Gasteiger partial charge in [-0.25, -0.2) is 0 Å². The fourth-order valence-electron chi connectivity index (χ4n) is 3.16. The van der Waals surface area contributed by atoms with E-state index in [1.165, 1.54) is 5.56 Å². The molecule has 1 heterocycles. The van der Waals surface area contributed by atoms with Crippen LogP contribution in [0.3, 0.4) is 0 Å². The van der Waals surface area contributed by atoms with Crippen LogP contribution in [0.2, 0.25) is 0 Å². The highest BCUT2D eigenvalue weighted by Gasteiger charge is 2.09. The third kappa shape index (κ3) is 6.97. The summed E-state index contributed by atoms with van der Waals surface area (Å²) in [5.41, 5.74) is 2.94. The van der Waals surface area contributed by atoms with E-state index in [4.69, 9.17) is 4.74 Å². The van der Waals surface area contributed by atoms with Crippen molar-refractivity contribution in [3.8, 4) is 5.75 Å². The van der Waals surface area contributed by atoms with E-state index in [2.05, 4.69) is 39.9 Å². The van der Waals surface area contributed by atoms with Gasteiger partial charge in [-0.05, 0) is 49.5 Å². The molecule has 0 atom stereocenters. The van der Waals surface area contributed by atoms with Crippen molar-refractivity contribution < 1.29 is 9.84 Å². The van der Waals surface area contributed by atoms with Gasteiger partial charge in [0, 0.05) is 19.7 Å². The van der Waals surface area contributed by atoms with Crippen molar-refractivity contribution >= 4 is 21.6 Å². The molecule has 0 radical (unpaired) electrons. The summed E-state index contributed by atoms with van der Waals surface area (Å²) in [7, 11) is 0. The van der Waals surface area contributed by atoms with Gasteiger partial charge in [-0.1, -0.05) is 47.7 Å². The monoisotopic (exact) mass is 415 g/mol. The Morgan fingerprint density at radius 2 is 1.72 bits per heavy atom. The molecule has 0 aliphatic carbocycles. The molecule has 0 unspecified atom stereocenters. The largest absolute Gasteiger partial charge is 0.506 e. The molecule has 0 fully saturated rings. The number of aromatic amines is 1. The Morgan fingerprint density at radius 3 is 2.55 bits per heavy atom. The first-order valence-electron chi connectivity index (χ1n) is 10.1. The number of hydrogen-bond donors (Lipinski definition) is 4. The van der Waals surface area contributed by atoms with E-state index in [-0.39, 0.29) is 10.6 Å². The first-order chi connectivity index (χ1) is 14.2. The lowest BCUT2D eigenvalue weighted by Gasteiger charge is -2.08. The zero-order chi connectivity index (χ0) is 20.3. The molecule has 3 rings (SSSR count). The number of rotatable bonds is 13. The van der Waals surface area contributed by atoms with Gasteiger partial charge in [0.2, 0.25) is 0 Å². The summed E-state index contributed by atoms with van der Waals surface area (Å²) in [5, 5.41) is 16.6. The Kier molecular flexibility index (Phi) is 8.70. The molecule has 3 aromatic rings. The lowest BCUT2D eigenvalue weighted by Crippen LogP contribution is -2.29. The van der Waals surface area contributed by atoms with Gasteiger partial charge < -0.3 is 25.5 Å². The summed E-state index contributed by atoms with van der Waals surface area (Å²) in [5.74, 6) is 0.128. The average Bonchev–Trinajstić information content (AvgIpc) is 3.13. The van der Waals surface area contributed by atoms with Crippen LogP contribution in [0, 0.1) is 0 Å². The maximum absolute atomic E-state index is 11.5. The molecule has 6 nitrogen and oxygen atoms in total. The fraction of sp³-hybridized carbons (Fsp3) is 0.409. The number of fused-ring (bicyclic) bond motifs is 1. The van der Waals surface area contributed by atoms with Crippen molar-refractivity contribution in [1.29, 1.82) is 0 Å². The van der Waals surface area contributed by atoms with Gasteiger partial charge in [0.1, 0.15) is 11.3 Å². The van der Waals surface area contributed by atoms with E-state index in [0.717, 1.165) is 80.3 Å². The molecular weight excluding hydrogens is 386 g/mol. The summed E-state index contributed by atoms with van der Waals surface area (Å²) < 4.78 is 6.53. The molecular formula is C22H29N3O3S. The van der Waals surface area contributed by atoms with Crippen LogP contribution in [-0.2, 0) is 17.6 Å². The predicted octanol–water partition coefficient (Wildman–Crippen LogP) is 2.67. The van der Waals surface area contributed by atoms with Crippen molar-refractivity contribution in [3.63, 3.8) is 0 Å². The minimum atomic E-state index is -0.135. The topological polar surface area (TPSA) is 86.4 Å². The number of H-pyrrole nitrogens is 1. The number of nitrogens with one attached hydrogen (secondary N) is 3. The number of ether oxygens (including phenoxy) is 1. The summed E-state index contributed by atoms with van der Waals surface area (Å²) >= 11 is 1.15. The van der Waals surface area contributed by atoms with E-state index in [1.807, 2.05) is 12.1 Å². The standard InChI is InChI=1S/C22H29N3O3S/c26-19-8-7-18(21-20(19)25-22(27)29-21)9-12-24-14-13-23-11-4-15-28-16-10-17-5-2-1-3-6-17/h1-3,5-8,23-24,26H,4,9-16H2,(H,25,27). The zero-order valence-electron chi connectivity index (χ0n) is 16.6. The number of aromatic nitrogens is 1. The SMILES string of the molecule is O=c1[nH]c2c(O)ccc(CCNCCNCCCOCCc3ccccc3)c2s1. The van der Waals surface area contributed by atoms with Crippen LogP contribution in [0.1, 0.15) is 17.5 Å². The van der Waals surface area contributed by atoms with E-state index in [1.54, 1.807) is 6.07 Å². The second kappa shape index (κ2) is 11.7. The van der Waals surface area contributed by atoms with Crippen LogP contribution in [0.4, 0.5) is 0 Å². The highest BCUT2D eigenvalue weighted by atomic mass is 32.1. The number of hydrogen-bond acceptors (Lipinski definition) is 6. The summed E-state index contributed by atoms with van der Waals surface area (Å²) in [4.78, 5) is 14.1. The Bertz CT molecular complexity index is 924. The summed E-state index contributed by atoms with van der Waals surface area (Å²) in [6.45, 7) is 5.13. The molecule has 0 saturated heterocycles. The third-order valence-electron chi connectivity index (χ3n) is 4.71. The molecule has 2 aromatic carbocycles. The van der Waals surface area contributed by atoms with E-state index < -0.39 is 0 Å². The first kappa shape index (κ1) is 21.5. The zero-order valence-corrected chi connectivity index (χ0v) is 17.4. The average molecular weight is 416 g/mol. The fourth-order valence-corrected chi connectivity index (χ4v) is 4.05. The number of aromatic hydroxyl groups is 1. The van der Waals surface area contributed by atoms with Gasteiger partial charge in [0.05, 0.1) is 11.3 Å². The molecule has 0 spiro atoms. The van der Waals surface area contributed by atoms with Crippen LogP contribution >= 0.6 is 11.3 Å². The summed E-state index contributed by atoms with van der Waals surface area (Å²) in [6.07, 6.45) is 2.79. The molecule has 0 bridgehead atoms. The molecule has 29 heavy (non-hydrogen) atoms. The minimum Gasteiger partial charge on any atom is -0.506 e. The van der Waals surface area contributed by atoms with Gasteiger partial charge in [-0.15, -0.1) is 0 Å². The van der Waals surface area contributed by atoms with Crippen molar-refractivity contribution in [2.75, 3.05) is 39.4 Å². The van der Waals surface area contributed by atoms with Gasteiger partial charge in [-0.2, -0.15) is 0 Å². The Labute approximate surface area is 174 Å². The van der Waals surface area contributed by atoms with Gasteiger partial charge >= 0.3 is 4.87 Å². The third-order valence-corrected chi connectivity index (χ3v) is 5.67. The van der Waals surface area contributed by atoms with Crippen LogP contribution in [0.25, 0.3) is 10.2 Å². The highest BCUT2D eigenvalue weighted by Crippen LogP contribution is 2.27. The Balaban J connectivity index is 1.19. The van der Waals surface area contributed by atoms with E-state index in [9.17, 15) is 9.90 Å². The number of thiazole rings is 1. The van der Waals surface area contributed by atoms with Crippen molar-refractivity contribution in [3.05, 3.63) is 63.3 Å². The van der Waals surface area contributed by atoms with Crippen molar-refractivity contribution in [1.82, 2.24) is 15.6 Å². The van der Waals surface area contributed by atoms with E-state index in [0.29, 0.717) is 5.52 Å². The summed E-state index contributed by atoms with van der Waals surface area (Å²) in [6, 6.07) is 13.9. The first-order valence-corrected chi connectivity index (χ1v) is 10.9. The molecule has 7 heteroatoms. The highest BCUT2D eigenvalue weighted by molar-refractivity contribution is 7.16. The van der Waals surface area contributed by atoms with Crippen LogP contribution in [0.15, 0.2) is 47.3 Å². The van der Waals surface area contributed by atoms with Gasteiger partial charge in [-0.3, -0.25) is 4.79 Å². The predicted molar refractivity (Wildman–Crippen MR) is 119 cm³/mol. The molecule has 0 saturated carbocycles. The number of phenols is 1. The molecule has 0 amide bonds. The normalized spacial score (nSPS) is 11.3. The maximum atomic E-state index is 11.5. The molecule has 156 valence electrons. The Morgan fingerprint density at radius 1 is 0.931 bits per heavy atom.